The normalized spacial score (nSPS) is 25.3. The minimum atomic E-state index is -0.121. The van der Waals surface area contributed by atoms with Crippen LogP contribution in [0.2, 0.25) is 0 Å². The predicted molar refractivity (Wildman–Crippen MR) is 130 cm³/mol. The van der Waals surface area contributed by atoms with Crippen molar-refractivity contribution in [2.45, 2.75) is 45.1 Å². The summed E-state index contributed by atoms with van der Waals surface area (Å²) in [6, 6.07) is 10.3. The number of anilines is 1. The fraction of sp³-hybridized carbons (Fsp3) is 0.654. The van der Waals surface area contributed by atoms with Gasteiger partial charge in [0.15, 0.2) is 0 Å². The van der Waals surface area contributed by atoms with Crippen LogP contribution in [0.3, 0.4) is 0 Å². The van der Waals surface area contributed by atoms with Crippen LogP contribution in [0.5, 0.6) is 0 Å². The molecule has 1 aromatic rings. The Morgan fingerprint density at radius 1 is 1.15 bits per heavy atom. The summed E-state index contributed by atoms with van der Waals surface area (Å²) in [5, 5.41) is 6.18. The lowest BCUT2D eigenvalue weighted by atomic mass is 9.97. The maximum atomic E-state index is 13.0. The number of amides is 3. The Kier molecular flexibility index (Phi) is 8.43. The molecule has 3 aliphatic rings. The molecule has 0 unspecified atom stereocenters. The number of benzene rings is 1. The zero-order valence-electron chi connectivity index (χ0n) is 20.2. The van der Waals surface area contributed by atoms with Crippen LogP contribution < -0.4 is 15.5 Å². The summed E-state index contributed by atoms with van der Waals surface area (Å²) in [5.41, 5.74) is 1.20. The maximum absolute atomic E-state index is 13.0. The summed E-state index contributed by atoms with van der Waals surface area (Å²) >= 11 is 0. The number of nitrogens with one attached hydrogen (secondary N) is 2. The molecule has 1 aliphatic carbocycles. The lowest BCUT2D eigenvalue weighted by molar-refractivity contribution is -0.141. The van der Waals surface area contributed by atoms with Crippen LogP contribution in [0.15, 0.2) is 30.3 Å². The number of fused-ring (bicyclic) bond motifs is 1. The highest BCUT2D eigenvalue weighted by molar-refractivity contribution is 5.87. The molecule has 3 atom stereocenters. The van der Waals surface area contributed by atoms with Crippen LogP contribution in [-0.4, -0.2) is 74.6 Å². The second kappa shape index (κ2) is 11.7. The number of carbonyl (C=O) groups excluding carboxylic acids is 3. The van der Waals surface area contributed by atoms with Crippen LogP contribution in [-0.2, 0) is 19.1 Å². The molecule has 0 aromatic heterocycles. The molecular weight excluding hydrogens is 432 g/mol. The fourth-order valence-corrected chi connectivity index (χ4v) is 5.60. The summed E-state index contributed by atoms with van der Waals surface area (Å²) in [6.07, 6.45) is 3.66. The van der Waals surface area contributed by atoms with Crippen molar-refractivity contribution in [2.75, 3.05) is 50.8 Å². The summed E-state index contributed by atoms with van der Waals surface area (Å²) in [6.45, 7) is 6.45. The van der Waals surface area contributed by atoms with Gasteiger partial charge in [0.1, 0.15) is 0 Å². The standard InChI is InChI=1S/C26H38N4O4/c1-2-29(22-7-4-3-5-8-22)12-6-11-27-25(32)20-15-21-17-30(18-24(31)28-23(21)16-20)26(33)19-9-13-34-14-10-19/h3-5,7-8,19-21,23H,2,6,9-18H2,1H3,(H,27,32)(H,28,31)/t20-,21+,23+/m0/s1. The molecule has 186 valence electrons. The first-order valence-electron chi connectivity index (χ1n) is 12.8. The topological polar surface area (TPSA) is 91.0 Å². The van der Waals surface area contributed by atoms with Crippen molar-refractivity contribution < 1.29 is 19.1 Å². The van der Waals surface area contributed by atoms with Gasteiger partial charge in [0.25, 0.3) is 0 Å². The molecule has 0 radical (unpaired) electrons. The Labute approximate surface area is 202 Å². The Morgan fingerprint density at radius 2 is 1.91 bits per heavy atom. The molecule has 3 fully saturated rings. The largest absolute Gasteiger partial charge is 0.381 e. The molecule has 8 nitrogen and oxygen atoms in total. The molecule has 2 heterocycles. The maximum Gasteiger partial charge on any atom is 0.239 e. The summed E-state index contributed by atoms with van der Waals surface area (Å²) in [7, 11) is 0. The summed E-state index contributed by atoms with van der Waals surface area (Å²) in [5.74, 6) is -0.0468. The summed E-state index contributed by atoms with van der Waals surface area (Å²) < 4.78 is 5.38. The van der Waals surface area contributed by atoms with Gasteiger partial charge in [-0.15, -0.1) is 0 Å². The predicted octanol–water partition coefficient (Wildman–Crippen LogP) is 1.80. The van der Waals surface area contributed by atoms with Crippen molar-refractivity contribution in [3.8, 4) is 0 Å². The van der Waals surface area contributed by atoms with E-state index in [1.54, 1.807) is 4.90 Å². The molecule has 3 amide bonds. The molecule has 0 spiro atoms. The van der Waals surface area contributed by atoms with Crippen LogP contribution in [0, 0.1) is 17.8 Å². The summed E-state index contributed by atoms with van der Waals surface area (Å²) in [4.78, 5) is 42.4. The Bertz CT molecular complexity index is 842. The Hall–Kier alpha value is -2.61. The molecule has 2 N–H and O–H groups in total. The third-order valence-corrected chi connectivity index (χ3v) is 7.49. The van der Waals surface area contributed by atoms with Gasteiger partial charge < -0.3 is 25.2 Å². The van der Waals surface area contributed by atoms with Crippen LogP contribution in [0.1, 0.15) is 39.0 Å². The first-order valence-corrected chi connectivity index (χ1v) is 12.8. The van der Waals surface area contributed by atoms with Gasteiger partial charge in [-0.25, -0.2) is 0 Å². The van der Waals surface area contributed by atoms with E-state index in [1.807, 2.05) is 18.2 Å². The molecule has 2 aliphatic heterocycles. The van der Waals surface area contributed by atoms with Gasteiger partial charge in [-0.3, -0.25) is 14.4 Å². The van der Waals surface area contributed by atoms with Gasteiger partial charge in [0, 0.05) is 63.0 Å². The van der Waals surface area contributed by atoms with Gasteiger partial charge in [-0.2, -0.15) is 0 Å². The quantitative estimate of drug-likeness (QED) is 0.566. The molecule has 34 heavy (non-hydrogen) atoms. The number of hydrogen-bond acceptors (Lipinski definition) is 5. The SMILES string of the molecule is CCN(CCCNC(=O)[C@H]1C[C@@H]2CN(C(=O)C3CCOCC3)CC(=O)N[C@@H]2C1)c1ccccc1. The highest BCUT2D eigenvalue weighted by atomic mass is 16.5. The van der Waals surface area contributed by atoms with Gasteiger partial charge in [0.05, 0.1) is 6.54 Å². The van der Waals surface area contributed by atoms with E-state index in [-0.39, 0.29) is 48.1 Å². The third kappa shape index (κ3) is 6.09. The van der Waals surface area contributed by atoms with Crippen molar-refractivity contribution in [2.24, 2.45) is 17.8 Å². The number of rotatable bonds is 8. The van der Waals surface area contributed by atoms with Crippen molar-refractivity contribution in [1.82, 2.24) is 15.5 Å². The molecule has 4 rings (SSSR count). The first kappa shape index (κ1) is 24.5. The van der Waals surface area contributed by atoms with Gasteiger partial charge in [0.2, 0.25) is 17.7 Å². The smallest absolute Gasteiger partial charge is 0.239 e. The number of hydrogen-bond donors (Lipinski definition) is 2. The number of nitrogens with zero attached hydrogens (tertiary/aromatic N) is 2. The monoisotopic (exact) mass is 470 g/mol. The fourth-order valence-electron chi connectivity index (χ4n) is 5.60. The average Bonchev–Trinajstić information content (AvgIpc) is 3.18. The zero-order valence-corrected chi connectivity index (χ0v) is 20.2. The highest BCUT2D eigenvalue weighted by Gasteiger charge is 2.42. The lowest BCUT2D eigenvalue weighted by Crippen LogP contribution is -2.43. The number of carbonyl (C=O) groups is 3. The van der Waals surface area contributed by atoms with Crippen LogP contribution >= 0.6 is 0 Å². The van der Waals surface area contributed by atoms with E-state index in [4.69, 9.17) is 4.74 Å². The van der Waals surface area contributed by atoms with E-state index in [0.29, 0.717) is 39.1 Å². The van der Waals surface area contributed by atoms with E-state index >= 15 is 0 Å². The molecule has 1 aromatic carbocycles. The van der Waals surface area contributed by atoms with Crippen LogP contribution in [0.4, 0.5) is 5.69 Å². The second-order valence-electron chi connectivity index (χ2n) is 9.77. The van der Waals surface area contributed by atoms with E-state index < -0.39 is 0 Å². The number of ether oxygens (including phenoxy) is 1. The number of para-hydroxylation sites is 1. The zero-order chi connectivity index (χ0) is 23.9. The van der Waals surface area contributed by atoms with Crippen molar-refractivity contribution >= 4 is 23.4 Å². The second-order valence-corrected chi connectivity index (χ2v) is 9.77. The molecular formula is C26H38N4O4. The molecule has 8 heteroatoms. The first-order chi connectivity index (χ1) is 16.5. The average molecular weight is 471 g/mol. The van der Waals surface area contributed by atoms with Gasteiger partial charge in [-0.05, 0) is 57.1 Å². The van der Waals surface area contributed by atoms with E-state index in [9.17, 15) is 14.4 Å². The minimum absolute atomic E-state index is 0.0376. The van der Waals surface area contributed by atoms with E-state index in [2.05, 4.69) is 34.6 Å². The van der Waals surface area contributed by atoms with Crippen molar-refractivity contribution in [1.29, 1.82) is 0 Å². The third-order valence-electron chi connectivity index (χ3n) is 7.49. The highest BCUT2D eigenvalue weighted by Crippen LogP contribution is 2.34. The Morgan fingerprint density at radius 3 is 2.65 bits per heavy atom. The van der Waals surface area contributed by atoms with Crippen molar-refractivity contribution in [3.05, 3.63) is 30.3 Å². The van der Waals surface area contributed by atoms with Gasteiger partial charge >= 0.3 is 0 Å². The Balaban J connectivity index is 1.25. The molecule has 2 saturated heterocycles. The lowest BCUT2D eigenvalue weighted by Gasteiger charge is -2.29. The van der Waals surface area contributed by atoms with E-state index in [0.717, 1.165) is 32.4 Å². The van der Waals surface area contributed by atoms with Gasteiger partial charge in [-0.1, -0.05) is 18.2 Å². The molecule has 1 saturated carbocycles. The molecule has 0 bridgehead atoms. The van der Waals surface area contributed by atoms with Crippen molar-refractivity contribution in [3.63, 3.8) is 0 Å². The van der Waals surface area contributed by atoms with E-state index in [1.165, 1.54) is 5.69 Å². The van der Waals surface area contributed by atoms with Crippen LogP contribution in [0.25, 0.3) is 0 Å². The minimum Gasteiger partial charge on any atom is -0.381 e.